The molecular formula is C22H23N3O2. The Morgan fingerprint density at radius 1 is 0.889 bits per heavy atom. The fraction of sp³-hybridized carbons (Fsp3) is 0.136. The highest BCUT2D eigenvalue weighted by Gasteiger charge is 2.00. The van der Waals surface area contributed by atoms with Crippen LogP contribution in [0.5, 0.6) is 11.5 Å². The maximum absolute atomic E-state index is 9.52. The van der Waals surface area contributed by atoms with Gasteiger partial charge in [0, 0.05) is 37.7 Å². The minimum absolute atomic E-state index is 0.0427. The molecular weight excluding hydrogens is 338 g/mol. The molecule has 3 aromatic rings. The molecule has 0 aliphatic rings. The van der Waals surface area contributed by atoms with Gasteiger partial charge < -0.3 is 20.4 Å². The number of hydrogen-bond acceptors (Lipinski definition) is 5. The van der Waals surface area contributed by atoms with E-state index < -0.39 is 0 Å². The lowest BCUT2D eigenvalue weighted by molar-refractivity contribution is 0.450. The SMILES string of the molecule is CN(C)c1ccnc(CNc2ccc(/C=C/c3cc(O)cc(O)c3)cc2)c1. The summed E-state index contributed by atoms with van der Waals surface area (Å²) in [4.78, 5) is 6.44. The van der Waals surface area contributed by atoms with Gasteiger partial charge in [-0.1, -0.05) is 24.3 Å². The number of anilines is 2. The van der Waals surface area contributed by atoms with Crippen LogP contribution in [-0.2, 0) is 6.54 Å². The first-order chi connectivity index (χ1) is 13.0. The van der Waals surface area contributed by atoms with E-state index in [0.29, 0.717) is 6.54 Å². The van der Waals surface area contributed by atoms with E-state index in [4.69, 9.17) is 0 Å². The molecule has 0 bridgehead atoms. The van der Waals surface area contributed by atoms with Crippen molar-refractivity contribution in [1.82, 2.24) is 4.98 Å². The van der Waals surface area contributed by atoms with Crippen LogP contribution in [0.1, 0.15) is 16.8 Å². The van der Waals surface area contributed by atoms with Crippen molar-refractivity contribution in [3.63, 3.8) is 0 Å². The number of aromatic hydroxyl groups is 2. The summed E-state index contributed by atoms with van der Waals surface area (Å²) in [5, 5.41) is 22.4. The van der Waals surface area contributed by atoms with Crippen LogP contribution in [0.15, 0.2) is 60.8 Å². The van der Waals surface area contributed by atoms with Crippen LogP contribution in [0.4, 0.5) is 11.4 Å². The van der Waals surface area contributed by atoms with Crippen molar-refractivity contribution < 1.29 is 10.2 Å². The van der Waals surface area contributed by atoms with Gasteiger partial charge in [0.2, 0.25) is 0 Å². The summed E-state index contributed by atoms with van der Waals surface area (Å²) < 4.78 is 0. The van der Waals surface area contributed by atoms with Crippen LogP contribution in [0.25, 0.3) is 12.2 Å². The number of nitrogens with zero attached hydrogens (tertiary/aromatic N) is 2. The molecule has 0 aliphatic carbocycles. The standard InChI is InChI=1S/C22H23N3O2/c1-25(2)20-9-10-23-19(13-20)15-24-18-7-5-16(6-8-18)3-4-17-11-21(26)14-22(27)12-17/h3-14,24,26-27H,15H2,1-2H3/b4-3+. The van der Waals surface area contributed by atoms with E-state index in [-0.39, 0.29) is 11.5 Å². The van der Waals surface area contributed by atoms with Gasteiger partial charge in [-0.05, 0) is 47.5 Å². The maximum Gasteiger partial charge on any atom is 0.119 e. The number of nitrogens with one attached hydrogen (secondary N) is 1. The summed E-state index contributed by atoms with van der Waals surface area (Å²) in [6, 6.07) is 16.6. The number of pyridine rings is 1. The van der Waals surface area contributed by atoms with Crippen LogP contribution in [0.3, 0.4) is 0 Å². The molecule has 0 radical (unpaired) electrons. The molecule has 0 saturated heterocycles. The van der Waals surface area contributed by atoms with E-state index in [1.165, 1.54) is 6.07 Å². The van der Waals surface area contributed by atoms with Crippen LogP contribution in [-0.4, -0.2) is 29.3 Å². The highest BCUT2D eigenvalue weighted by molar-refractivity contribution is 5.71. The monoisotopic (exact) mass is 361 g/mol. The molecule has 0 atom stereocenters. The molecule has 3 rings (SSSR count). The second-order valence-electron chi connectivity index (χ2n) is 6.49. The minimum atomic E-state index is 0.0427. The van der Waals surface area contributed by atoms with Gasteiger partial charge in [-0.25, -0.2) is 0 Å². The zero-order valence-electron chi connectivity index (χ0n) is 15.4. The van der Waals surface area contributed by atoms with Gasteiger partial charge in [-0.2, -0.15) is 0 Å². The molecule has 0 aliphatic heterocycles. The van der Waals surface area contributed by atoms with Gasteiger partial charge in [-0.15, -0.1) is 0 Å². The third-order valence-electron chi connectivity index (χ3n) is 4.09. The van der Waals surface area contributed by atoms with Gasteiger partial charge >= 0.3 is 0 Å². The van der Waals surface area contributed by atoms with Gasteiger partial charge in [0.25, 0.3) is 0 Å². The van der Waals surface area contributed by atoms with E-state index in [2.05, 4.69) is 21.3 Å². The van der Waals surface area contributed by atoms with E-state index in [0.717, 1.165) is 28.2 Å². The van der Waals surface area contributed by atoms with Crippen LogP contribution < -0.4 is 10.2 Å². The van der Waals surface area contributed by atoms with Crippen molar-refractivity contribution in [1.29, 1.82) is 0 Å². The van der Waals surface area contributed by atoms with Crippen molar-refractivity contribution in [3.05, 3.63) is 77.6 Å². The molecule has 0 spiro atoms. The number of hydrogen-bond donors (Lipinski definition) is 3. The van der Waals surface area contributed by atoms with Crippen molar-refractivity contribution in [2.45, 2.75) is 6.54 Å². The maximum atomic E-state index is 9.52. The Morgan fingerprint density at radius 2 is 1.56 bits per heavy atom. The number of rotatable bonds is 6. The van der Waals surface area contributed by atoms with Crippen LogP contribution in [0.2, 0.25) is 0 Å². The topological polar surface area (TPSA) is 68.6 Å². The van der Waals surface area contributed by atoms with Crippen molar-refractivity contribution in [2.24, 2.45) is 0 Å². The molecule has 0 amide bonds. The molecule has 0 unspecified atom stereocenters. The minimum Gasteiger partial charge on any atom is -0.508 e. The van der Waals surface area contributed by atoms with Crippen molar-refractivity contribution in [3.8, 4) is 11.5 Å². The van der Waals surface area contributed by atoms with Gasteiger partial charge in [-0.3, -0.25) is 4.98 Å². The van der Waals surface area contributed by atoms with Crippen molar-refractivity contribution in [2.75, 3.05) is 24.3 Å². The summed E-state index contributed by atoms with van der Waals surface area (Å²) in [6.45, 7) is 0.652. The lowest BCUT2D eigenvalue weighted by Gasteiger charge is -2.13. The normalized spacial score (nSPS) is 10.9. The van der Waals surface area contributed by atoms with Crippen LogP contribution >= 0.6 is 0 Å². The summed E-state index contributed by atoms with van der Waals surface area (Å²) in [6.07, 6.45) is 5.60. The van der Waals surface area contributed by atoms with Crippen molar-refractivity contribution >= 4 is 23.5 Å². The molecule has 2 aromatic carbocycles. The zero-order chi connectivity index (χ0) is 19.2. The molecule has 0 saturated carbocycles. The first-order valence-electron chi connectivity index (χ1n) is 8.67. The highest BCUT2D eigenvalue weighted by Crippen LogP contribution is 2.22. The Kier molecular flexibility index (Phi) is 5.61. The summed E-state index contributed by atoms with van der Waals surface area (Å²) in [7, 11) is 4.02. The lowest BCUT2D eigenvalue weighted by atomic mass is 10.1. The summed E-state index contributed by atoms with van der Waals surface area (Å²) >= 11 is 0. The number of aromatic nitrogens is 1. The largest absolute Gasteiger partial charge is 0.508 e. The Morgan fingerprint density at radius 3 is 2.22 bits per heavy atom. The Balaban J connectivity index is 1.62. The van der Waals surface area contributed by atoms with E-state index in [9.17, 15) is 10.2 Å². The zero-order valence-corrected chi connectivity index (χ0v) is 15.4. The fourth-order valence-electron chi connectivity index (χ4n) is 2.65. The van der Waals surface area contributed by atoms with E-state index in [1.807, 2.05) is 62.8 Å². The smallest absolute Gasteiger partial charge is 0.119 e. The third kappa shape index (κ3) is 5.25. The molecule has 138 valence electrons. The summed E-state index contributed by atoms with van der Waals surface area (Å²) in [5.74, 6) is 0.0855. The Hall–Kier alpha value is -3.47. The first kappa shape index (κ1) is 18.3. The second kappa shape index (κ2) is 8.27. The predicted octanol–water partition coefficient (Wildman–Crippen LogP) is 4.34. The first-order valence-corrected chi connectivity index (χ1v) is 8.67. The Labute approximate surface area is 159 Å². The van der Waals surface area contributed by atoms with Gasteiger partial charge in [0.05, 0.1) is 12.2 Å². The van der Waals surface area contributed by atoms with E-state index in [1.54, 1.807) is 12.1 Å². The number of benzene rings is 2. The lowest BCUT2D eigenvalue weighted by Crippen LogP contribution is -2.10. The Bertz CT molecular complexity index is 914. The van der Waals surface area contributed by atoms with Gasteiger partial charge in [0.15, 0.2) is 0 Å². The summed E-state index contributed by atoms with van der Waals surface area (Å²) in [5.41, 5.74) is 4.88. The average Bonchev–Trinajstić information content (AvgIpc) is 2.65. The molecule has 5 heteroatoms. The number of phenolic OH excluding ortho intramolecular Hbond substituents is 2. The predicted molar refractivity (Wildman–Crippen MR) is 111 cm³/mol. The van der Waals surface area contributed by atoms with Gasteiger partial charge in [0.1, 0.15) is 11.5 Å². The molecule has 3 N–H and O–H groups in total. The van der Waals surface area contributed by atoms with Crippen LogP contribution in [0, 0.1) is 0 Å². The molecule has 27 heavy (non-hydrogen) atoms. The number of phenols is 2. The molecule has 1 aromatic heterocycles. The fourth-order valence-corrected chi connectivity index (χ4v) is 2.65. The molecule has 1 heterocycles. The molecule has 0 fully saturated rings. The molecule has 5 nitrogen and oxygen atoms in total. The third-order valence-corrected chi connectivity index (χ3v) is 4.09. The average molecular weight is 361 g/mol. The quantitative estimate of drug-likeness (QED) is 0.570. The highest BCUT2D eigenvalue weighted by atomic mass is 16.3. The second-order valence-corrected chi connectivity index (χ2v) is 6.49. The van der Waals surface area contributed by atoms with E-state index >= 15 is 0 Å².